The summed E-state index contributed by atoms with van der Waals surface area (Å²) in [5.74, 6) is 0.0381. The van der Waals surface area contributed by atoms with Crippen molar-refractivity contribution in [3.05, 3.63) is 33.8 Å². The zero-order valence-electron chi connectivity index (χ0n) is 6.72. The van der Waals surface area contributed by atoms with Gasteiger partial charge >= 0.3 is 0 Å². The molecule has 0 fully saturated rings. The van der Waals surface area contributed by atoms with Crippen LogP contribution in [0.25, 0.3) is 0 Å². The van der Waals surface area contributed by atoms with Gasteiger partial charge < -0.3 is 5.11 Å². The van der Waals surface area contributed by atoms with Gasteiger partial charge in [0.1, 0.15) is 0 Å². The first kappa shape index (κ1) is 9.85. The molecule has 0 aliphatic rings. The van der Waals surface area contributed by atoms with E-state index in [4.69, 9.17) is 28.3 Å². The summed E-state index contributed by atoms with van der Waals surface area (Å²) in [7, 11) is 0. The zero-order chi connectivity index (χ0) is 9.14. The highest BCUT2D eigenvalue weighted by Crippen LogP contribution is 2.26. The molecular weight excluding hydrogens is 195 g/mol. The number of aliphatic hydroxyl groups excluding tert-OH is 1. The Morgan fingerprint density at radius 3 is 2.67 bits per heavy atom. The van der Waals surface area contributed by atoms with Crippen LogP contribution >= 0.6 is 23.2 Å². The first-order chi connectivity index (χ1) is 5.65. The van der Waals surface area contributed by atoms with Crippen LogP contribution in [0.5, 0.6) is 0 Å². The molecule has 0 aliphatic heterocycles. The van der Waals surface area contributed by atoms with E-state index in [2.05, 4.69) is 0 Å². The molecule has 0 saturated heterocycles. The van der Waals surface area contributed by atoms with Crippen molar-refractivity contribution in [3.63, 3.8) is 0 Å². The molecule has 1 atom stereocenters. The van der Waals surface area contributed by atoms with Crippen molar-refractivity contribution in [3.8, 4) is 0 Å². The molecule has 12 heavy (non-hydrogen) atoms. The number of rotatable bonds is 2. The van der Waals surface area contributed by atoms with Crippen LogP contribution < -0.4 is 0 Å². The largest absolute Gasteiger partial charge is 0.396 e. The highest BCUT2D eigenvalue weighted by molar-refractivity contribution is 6.33. The van der Waals surface area contributed by atoms with Crippen LogP contribution in [0, 0.1) is 0 Å². The van der Waals surface area contributed by atoms with E-state index in [1.165, 1.54) is 0 Å². The smallest absolute Gasteiger partial charge is 0.0497 e. The fourth-order valence-electron chi connectivity index (χ4n) is 0.991. The van der Waals surface area contributed by atoms with Gasteiger partial charge in [0.05, 0.1) is 0 Å². The molecule has 0 amide bonds. The molecule has 1 unspecified atom stereocenters. The molecule has 1 aromatic rings. The Balaban J connectivity index is 3.04. The SMILES string of the molecule is CC(CO)c1cc(Cl)ccc1Cl. The third-order valence-electron chi connectivity index (χ3n) is 1.76. The molecule has 66 valence electrons. The lowest BCUT2D eigenvalue weighted by atomic mass is 10.0. The summed E-state index contributed by atoms with van der Waals surface area (Å²) in [5, 5.41) is 10.2. The van der Waals surface area contributed by atoms with Gasteiger partial charge in [-0.05, 0) is 23.8 Å². The summed E-state index contributed by atoms with van der Waals surface area (Å²) in [5.41, 5.74) is 0.895. The van der Waals surface area contributed by atoms with Gasteiger partial charge in [-0.2, -0.15) is 0 Å². The minimum Gasteiger partial charge on any atom is -0.396 e. The molecule has 1 nitrogen and oxygen atoms in total. The van der Waals surface area contributed by atoms with Crippen molar-refractivity contribution in [1.29, 1.82) is 0 Å². The van der Waals surface area contributed by atoms with E-state index in [1.807, 2.05) is 6.92 Å². The van der Waals surface area contributed by atoms with Crippen molar-refractivity contribution < 1.29 is 5.11 Å². The highest BCUT2D eigenvalue weighted by atomic mass is 35.5. The van der Waals surface area contributed by atoms with Crippen molar-refractivity contribution >= 4 is 23.2 Å². The second-order valence-electron chi connectivity index (χ2n) is 2.75. The van der Waals surface area contributed by atoms with E-state index in [9.17, 15) is 0 Å². The lowest BCUT2D eigenvalue weighted by molar-refractivity contribution is 0.273. The minimum absolute atomic E-state index is 0.0381. The number of hydrogen-bond donors (Lipinski definition) is 1. The van der Waals surface area contributed by atoms with E-state index < -0.39 is 0 Å². The average Bonchev–Trinajstić information content (AvgIpc) is 2.08. The predicted molar refractivity (Wildman–Crippen MR) is 52.0 cm³/mol. The fraction of sp³-hybridized carbons (Fsp3) is 0.333. The summed E-state index contributed by atoms with van der Waals surface area (Å²) >= 11 is 11.7. The molecule has 0 radical (unpaired) electrons. The van der Waals surface area contributed by atoms with Gasteiger partial charge in [0.2, 0.25) is 0 Å². The van der Waals surface area contributed by atoms with Crippen molar-refractivity contribution in [1.82, 2.24) is 0 Å². The van der Waals surface area contributed by atoms with Crippen molar-refractivity contribution in [2.75, 3.05) is 6.61 Å². The Labute approximate surface area is 81.9 Å². The molecule has 0 heterocycles. The second kappa shape index (κ2) is 4.13. The number of hydrogen-bond acceptors (Lipinski definition) is 1. The van der Waals surface area contributed by atoms with Crippen LogP contribution in [0.15, 0.2) is 18.2 Å². The van der Waals surface area contributed by atoms with Crippen LogP contribution in [0.2, 0.25) is 10.0 Å². The topological polar surface area (TPSA) is 20.2 Å². The number of halogens is 2. The minimum atomic E-state index is 0.0381. The van der Waals surface area contributed by atoms with Crippen LogP contribution in [-0.2, 0) is 0 Å². The third-order valence-corrected chi connectivity index (χ3v) is 2.34. The van der Waals surface area contributed by atoms with Crippen LogP contribution in [0.3, 0.4) is 0 Å². The summed E-state index contributed by atoms with van der Waals surface area (Å²) in [6.45, 7) is 1.98. The first-order valence-corrected chi connectivity index (χ1v) is 4.46. The molecule has 0 bridgehead atoms. The molecular formula is C9H10Cl2O. The Hall–Kier alpha value is -0.240. The Morgan fingerprint density at radius 2 is 2.08 bits per heavy atom. The molecule has 0 aromatic heterocycles. The lowest BCUT2D eigenvalue weighted by Crippen LogP contribution is -1.99. The predicted octanol–water partition coefficient (Wildman–Crippen LogP) is 3.09. The third kappa shape index (κ3) is 2.13. The van der Waals surface area contributed by atoms with Crippen LogP contribution in [0.1, 0.15) is 18.4 Å². The molecule has 0 aliphatic carbocycles. The lowest BCUT2D eigenvalue weighted by Gasteiger charge is -2.10. The number of aliphatic hydroxyl groups is 1. The molecule has 3 heteroatoms. The summed E-state index contributed by atoms with van der Waals surface area (Å²) in [6.07, 6.45) is 0. The van der Waals surface area contributed by atoms with Gasteiger partial charge in [-0.1, -0.05) is 30.1 Å². The van der Waals surface area contributed by atoms with Crippen molar-refractivity contribution in [2.24, 2.45) is 0 Å². The van der Waals surface area contributed by atoms with Crippen LogP contribution in [0.4, 0.5) is 0 Å². The monoisotopic (exact) mass is 204 g/mol. The average molecular weight is 205 g/mol. The molecule has 0 saturated carbocycles. The highest BCUT2D eigenvalue weighted by Gasteiger charge is 2.08. The van der Waals surface area contributed by atoms with E-state index in [0.29, 0.717) is 10.0 Å². The Kier molecular flexibility index (Phi) is 3.39. The molecule has 1 N–H and O–H groups in total. The summed E-state index contributed by atoms with van der Waals surface area (Å²) in [4.78, 5) is 0. The normalized spacial score (nSPS) is 13.0. The fourth-order valence-corrected chi connectivity index (χ4v) is 1.47. The maximum absolute atomic E-state index is 8.90. The van der Waals surface area contributed by atoms with E-state index in [-0.39, 0.29) is 12.5 Å². The van der Waals surface area contributed by atoms with Gasteiger partial charge in [0.15, 0.2) is 0 Å². The first-order valence-electron chi connectivity index (χ1n) is 3.71. The summed E-state index contributed by atoms with van der Waals surface area (Å²) < 4.78 is 0. The van der Waals surface area contributed by atoms with Crippen molar-refractivity contribution in [2.45, 2.75) is 12.8 Å². The standard InChI is InChI=1S/C9H10Cl2O/c1-6(5-12)8-4-7(10)2-3-9(8)11/h2-4,6,12H,5H2,1H3. The zero-order valence-corrected chi connectivity index (χ0v) is 8.23. The molecule has 1 rings (SSSR count). The Bertz CT molecular complexity index is 273. The maximum Gasteiger partial charge on any atom is 0.0497 e. The van der Waals surface area contributed by atoms with Gasteiger partial charge in [-0.15, -0.1) is 0 Å². The maximum atomic E-state index is 8.90. The van der Waals surface area contributed by atoms with Gasteiger partial charge in [0.25, 0.3) is 0 Å². The van der Waals surface area contributed by atoms with E-state index in [1.54, 1.807) is 18.2 Å². The van der Waals surface area contributed by atoms with Gasteiger partial charge in [-0.25, -0.2) is 0 Å². The van der Waals surface area contributed by atoms with Crippen LogP contribution in [-0.4, -0.2) is 11.7 Å². The second-order valence-corrected chi connectivity index (χ2v) is 3.59. The quantitative estimate of drug-likeness (QED) is 0.786. The summed E-state index contributed by atoms with van der Waals surface area (Å²) in [6, 6.07) is 5.26. The number of benzene rings is 1. The van der Waals surface area contributed by atoms with Gasteiger partial charge in [0, 0.05) is 22.6 Å². The van der Waals surface area contributed by atoms with E-state index in [0.717, 1.165) is 5.56 Å². The Morgan fingerprint density at radius 1 is 1.42 bits per heavy atom. The molecule has 1 aromatic carbocycles. The van der Waals surface area contributed by atoms with E-state index >= 15 is 0 Å². The molecule has 0 spiro atoms. The van der Waals surface area contributed by atoms with Gasteiger partial charge in [-0.3, -0.25) is 0 Å².